The number of hydrogen-bond donors (Lipinski definition) is 0. The molecule has 15 rings (SSSR count). The van der Waals surface area contributed by atoms with Crippen molar-refractivity contribution < 1.29 is 4.74 Å². The van der Waals surface area contributed by atoms with Crippen molar-refractivity contribution in [2.45, 2.75) is 121 Å². The van der Waals surface area contributed by atoms with Crippen LogP contribution >= 0.6 is 0 Å². The van der Waals surface area contributed by atoms with Gasteiger partial charge in [0.15, 0.2) is 0 Å². The Hall–Kier alpha value is -8.40. The van der Waals surface area contributed by atoms with Crippen LogP contribution in [-0.2, 0) is 5.41 Å². The van der Waals surface area contributed by atoms with E-state index in [1.807, 2.05) is 12.2 Å². The highest BCUT2D eigenvalue weighted by Gasteiger charge is 2.57. The van der Waals surface area contributed by atoms with E-state index in [0.717, 1.165) is 102 Å². The number of anilines is 2. The Bertz CT molecular complexity index is 3990. The van der Waals surface area contributed by atoms with Crippen LogP contribution in [0.25, 0.3) is 11.1 Å². The summed E-state index contributed by atoms with van der Waals surface area (Å²) >= 11 is 0. The van der Waals surface area contributed by atoms with Crippen LogP contribution in [0, 0.1) is 23.7 Å². The van der Waals surface area contributed by atoms with E-state index < -0.39 is 0 Å². The number of nitrogens with zero attached hydrogens (tertiary/aromatic N) is 2. The number of fused-ring (bicyclic) bond motifs is 5. The molecule has 0 spiro atoms. The highest BCUT2D eigenvalue weighted by molar-refractivity contribution is 5.89. The normalized spacial score (nSPS) is 25.4. The Morgan fingerprint density at radius 1 is 0.690 bits per heavy atom. The fraction of sp³-hybridized carbons (Fsp3) is 0.286. The van der Waals surface area contributed by atoms with Gasteiger partial charge in [-0.1, -0.05) is 184 Å². The van der Waals surface area contributed by atoms with E-state index in [-0.39, 0.29) is 5.41 Å². The Labute approximate surface area is 518 Å². The molecule has 0 aromatic heterocycles. The van der Waals surface area contributed by atoms with Crippen LogP contribution in [-0.4, -0.2) is 6.61 Å². The molecular weight excluding hydrogens is 1050 g/mol. The Morgan fingerprint density at radius 2 is 1.45 bits per heavy atom. The molecule has 3 nitrogen and oxygen atoms in total. The van der Waals surface area contributed by atoms with Crippen molar-refractivity contribution in [3.8, 4) is 5.75 Å². The standard InChI is InChI=1S/C84H82N2O/c1-4-58-25-30-61(31-26-58)63-38-47-74(48-39-63)87-56-57(3)24-29-68-55-84(69-18-11-7-12-19-69)80-54-73(46-49-76(80)77-23-15-22-75(68)83(77)84)85(71-42-34-62(35-43-71)60-16-9-6-10-17-60)72-44-36-65(37-45-72)67-41-51-82-79(53-67)78-52-66(64-32-27-59(5-2)28-33-64)40-50-81(78)86(82)70-20-13-8-14-21-70/h4-14,16-18,20-22,25-27,30,32,34,36,38-40,42,44,46-50,53-54,57,61,68-69,78H,1-2,15,19,23-24,28-29,31,33,35,37,41,43,45,51-52,55-56H2,3H3. The molecule has 1 fully saturated rings. The molecular formula is C84H82N2O. The van der Waals surface area contributed by atoms with E-state index in [1.165, 1.54) is 108 Å². The lowest BCUT2D eigenvalue weighted by molar-refractivity contribution is 0.242. The molecule has 4 aromatic rings. The van der Waals surface area contributed by atoms with Crippen molar-refractivity contribution in [1.29, 1.82) is 0 Å². The Kier molecular flexibility index (Phi) is 15.0. The lowest BCUT2D eigenvalue weighted by Crippen LogP contribution is -2.33. The average Bonchev–Trinajstić information content (AvgIpc) is 1.55. The minimum atomic E-state index is -0.0569. The zero-order chi connectivity index (χ0) is 58.4. The van der Waals surface area contributed by atoms with Gasteiger partial charge < -0.3 is 14.5 Å². The van der Waals surface area contributed by atoms with E-state index in [0.29, 0.717) is 29.6 Å². The van der Waals surface area contributed by atoms with Gasteiger partial charge in [-0.05, 0) is 259 Å². The van der Waals surface area contributed by atoms with Crippen LogP contribution in [0.5, 0.6) is 5.75 Å². The minimum absolute atomic E-state index is 0.0569. The molecule has 11 aliphatic rings. The maximum Gasteiger partial charge on any atom is 0.119 e. The maximum absolute atomic E-state index is 6.53. The summed E-state index contributed by atoms with van der Waals surface area (Å²) in [5.74, 6) is 3.11. The summed E-state index contributed by atoms with van der Waals surface area (Å²) in [5, 5.41) is 0. The predicted molar refractivity (Wildman–Crippen MR) is 365 cm³/mol. The lowest BCUT2D eigenvalue weighted by Gasteiger charge is -2.38. The highest BCUT2D eigenvalue weighted by Crippen LogP contribution is 2.67. The largest absolute Gasteiger partial charge is 0.493 e. The minimum Gasteiger partial charge on any atom is -0.493 e. The van der Waals surface area contributed by atoms with E-state index >= 15 is 0 Å². The van der Waals surface area contributed by atoms with Gasteiger partial charge in [0.25, 0.3) is 0 Å². The molecule has 0 saturated heterocycles. The van der Waals surface area contributed by atoms with Gasteiger partial charge in [0.05, 0.1) is 6.61 Å². The summed E-state index contributed by atoms with van der Waals surface area (Å²) in [5.41, 5.74) is 30.5. The molecule has 4 aromatic carbocycles. The fourth-order valence-electron chi connectivity index (χ4n) is 16.9. The SMILES string of the molecule is C=CC1=CCC(c2ccc(OCC(C)CCC3CC4(C5C=CC=CC5)C5=C(CCC=C53)c3ccc(N(C5=CC=C(C6=CC7=C(CC6)N(c6ccccc6)C6=CC=C(C8=CC=C(C=C)CC8)CC67)CC5)C5=CC=C(c6ccccc6)CC5)cc34)cc2)C=C1. The van der Waals surface area contributed by atoms with Crippen molar-refractivity contribution >= 4 is 22.5 Å². The number of allylic oxidation sites excluding steroid dienone is 33. The summed E-state index contributed by atoms with van der Waals surface area (Å²) in [7, 11) is 0. The smallest absolute Gasteiger partial charge is 0.119 e. The van der Waals surface area contributed by atoms with Crippen molar-refractivity contribution in [2.24, 2.45) is 23.7 Å². The first-order valence-electron chi connectivity index (χ1n) is 32.9. The van der Waals surface area contributed by atoms with E-state index in [9.17, 15) is 0 Å². The number of ether oxygens (including phenoxy) is 1. The summed E-state index contributed by atoms with van der Waals surface area (Å²) in [6.07, 6.45) is 62.3. The molecule has 434 valence electrons. The van der Waals surface area contributed by atoms with Crippen molar-refractivity contribution in [1.82, 2.24) is 0 Å². The first kappa shape index (κ1) is 55.2. The molecule has 1 aliphatic heterocycles. The van der Waals surface area contributed by atoms with Crippen LogP contribution in [0.1, 0.15) is 138 Å². The summed E-state index contributed by atoms with van der Waals surface area (Å²) in [6.45, 7) is 11.1. The molecule has 3 heteroatoms. The molecule has 0 radical (unpaired) electrons. The second-order valence-corrected chi connectivity index (χ2v) is 26.3. The molecule has 10 aliphatic carbocycles. The maximum atomic E-state index is 6.53. The molecule has 0 bridgehead atoms. The Morgan fingerprint density at radius 3 is 2.17 bits per heavy atom. The molecule has 0 N–H and O–H groups in total. The molecule has 1 saturated carbocycles. The van der Waals surface area contributed by atoms with Gasteiger partial charge in [-0.2, -0.15) is 0 Å². The summed E-state index contributed by atoms with van der Waals surface area (Å²) in [4.78, 5) is 5.31. The number of para-hydroxylation sites is 1. The van der Waals surface area contributed by atoms with Crippen molar-refractivity contribution in [2.75, 3.05) is 16.4 Å². The van der Waals surface area contributed by atoms with Gasteiger partial charge in [-0.15, -0.1) is 0 Å². The van der Waals surface area contributed by atoms with E-state index in [2.05, 4.69) is 236 Å². The molecule has 6 unspecified atom stereocenters. The quantitative estimate of drug-likeness (QED) is 0.105. The monoisotopic (exact) mass is 1130 g/mol. The fourth-order valence-corrected chi connectivity index (χ4v) is 16.9. The molecule has 6 atom stereocenters. The number of benzene rings is 4. The first-order valence-corrected chi connectivity index (χ1v) is 32.9. The zero-order valence-corrected chi connectivity index (χ0v) is 50.9. The van der Waals surface area contributed by atoms with Gasteiger partial charge in [0.1, 0.15) is 5.75 Å². The molecule has 87 heavy (non-hydrogen) atoms. The van der Waals surface area contributed by atoms with Crippen molar-refractivity contribution in [3.05, 3.63) is 327 Å². The van der Waals surface area contributed by atoms with E-state index in [1.54, 1.807) is 22.3 Å². The van der Waals surface area contributed by atoms with Gasteiger partial charge in [0, 0.05) is 51.4 Å². The second kappa shape index (κ2) is 23.7. The summed E-state index contributed by atoms with van der Waals surface area (Å²) in [6, 6.07) is 38.8. The van der Waals surface area contributed by atoms with Gasteiger partial charge in [-0.3, -0.25) is 0 Å². The third-order valence-corrected chi connectivity index (χ3v) is 21.4. The predicted octanol–water partition coefficient (Wildman–Crippen LogP) is 21.5. The number of hydrogen-bond acceptors (Lipinski definition) is 3. The number of rotatable bonds is 17. The topological polar surface area (TPSA) is 15.7 Å². The highest BCUT2D eigenvalue weighted by atomic mass is 16.5. The van der Waals surface area contributed by atoms with Crippen LogP contribution in [0.4, 0.5) is 11.4 Å². The summed E-state index contributed by atoms with van der Waals surface area (Å²) < 4.78 is 6.53. The van der Waals surface area contributed by atoms with Crippen molar-refractivity contribution in [3.63, 3.8) is 0 Å². The lowest BCUT2D eigenvalue weighted by atomic mass is 9.65. The first-order chi connectivity index (χ1) is 42.9. The second-order valence-electron chi connectivity index (χ2n) is 26.3. The third kappa shape index (κ3) is 10.3. The average molecular weight is 1140 g/mol. The van der Waals surface area contributed by atoms with Crippen LogP contribution in [0.2, 0.25) is 0 Å². The Balaban J connectivity index is 0.730. The van der Waals surface area contributed by atoms with E-state index in [4.69, 9.17) is 4.74 Å². The van der Waals surface area contributed by atoms with Gasteiger partial charge >= 0.3 is 0 Å². The zero-order valence-electron chi connectivity index (χ0n) is 50.9. The van der Waals surface area contributed by atoms with Crippen LogP contribution in [0.3, 0.4) is 0 Å². The van der Waals surface area contributed by atoms with Gasteiger partial charge in [0.2, 0.25) is 0 Å². The third-order valence-electron chi connectivity index (χ3n) is 21.4. The molecule has 1 heterocycles. The van der Waals surface area contributed by atoms with Crippen LogP contribution in [0.15, 0.2) is 305 Å². The molecule has 0 amide bonds. The van der Waals surface area contributed by atoms with Crippen LogP contribution < -0.4 is 14.5 Å². The van der Waals surface area contributed by atoms with Gasteiger partial charge in [-0.25, -0.2) is 0 Å².